The van der Waals surface area contributed by atoms with Gasteiger partial charge in [0, 0.05) is 30.2 Å². The van der Waals surface area contributed by atoms with Gasteiger partial charge in [-0.05, 0) is 58.6 Å². The second-order valence-corrected chi connectivity index (χ2v) is 7.89. The molecule has 0 aromatic heterocycles. The molecule has 3 rings (SSSR count). The Morgan fingerprint density at radius 3 is 2.28 bits per heavy atom. The summed E-state index contributed by atoms with van der Waals surface area (Å²) in [5, 5.41) is 9.70. The Balaban J connectivity index is 1.96. The van der Waals surface area contributed by atoms with Gasteiger partial charge < -0.3 is 10.0 Å². The average Bonchev–Trinajstić information content (AvgIpc) is 3.34. The van der Waals surface area contributed by atoms with E-state index < -0.39 is 11.4 Å². The molecule has 1 saturated carbocycles. The van der Waals surface area contributed by atoms with Crippen LogP contribution < -0.4 is 4.90 Å². The van der Waals surface area contributed by atoms with Gasteiger partial charge in [-0.25, -0.2) is 4.79 Å². The highest BCUT2D eigenvalue weighted by Crippen LogP contribution is 2.60. The van der Waals surface area contributed by atoms with Crippen molar-refractivity contribution in [3.63, 3.8) is 0 Å². The van der Waals surface area contributed by atoms with Crippen LogP contribution in [0.2, 0.25) is 0 Å². The third-order valence-corrected chi connectivity index (χ3v) is 5.69. The highest BCUT2D eigenvalue weighted by Gasteiger charge is 2.57. The fraction of sp³-hybridized carbons (Fsp3) is 0.600. The van der Waals surface area contributed by atoms with E-state index >= 15 is 0 Å². The minimum absolute atomic E-state index is 0.00296. The van der Waals surface area contributed by atoms with Crippen molar-refractivity contribution in [2.75, 3.05) is 11.4 Å². The number of benzene rings is 1. The van der Waals surface area contributed by atoms with E-state index in [1.54, 1.807) is 0 Å². The topological polar surface area (TPSA) is 60.9 Å². The summed E-state index contributed by atoms with van der Waals surface area (Å²) in [6.07, 6.45) is 2.18. The normalized spacial score (nSPS) is 21.2. The van der Waals surface area contributed by atoms with Crippen molar-refractivity contribution in [1.82, 2.24) is 4.90 Å². The number of carboxylic acids is 1. The molecule has 1 aliphatic carbocycles. The van der Waals surface area contributed by atoms with Gasteiger partial charge in [-0.2, -0.15) is 0 Å². The number of amides is 2. The van der Waals surface area contributed by atoms with E-state index in [2.05, 4.69) is 0 Å². The zero-order chi connectivity index (χ0) is 18.4. The summed E-state index contributed by atoms with van der Waals surface area (Å²) in [5.41, 5.74) is 1.26. The molecule has 1 aromatic carbocycles. The first-order valence-corrected chi connectivity index (χ1v) is 9.21. The third kappa shape index (κ3) is 2.90. The number of urea groups is 1. The molecule has 1 atom stereocenters. The number of carboxylic acid groups (broad SMARTS) is 1. The lowest BCUT2D eigenvalue weighted by atomic mass is 9.78. The number of carbonyl (C=O) groups excluding carboxylic acids is 1. The van der Waals surface area contributed by atoms with Gasteiger partial charge in [0.25, 0.3) is 0 Å². The summed E-state index contributed by atoms with van der Waals surface area (Å²) in [5.74, 6) is -0.699. The van der Waals surface area contributed by atoms with Crippen molar-refractivity contribution in [2.45, 2.75) is 65.0 Å². The first-order valence-electron chi connectivity index (χ1n) is 9.21. The number of carbonyl (C=O) groups is 2. The van der Waals surface area contributed by atoms with Crippen LogP contribution in [-0.2, 0) is 4.79 Å². The Bertz CT molecular complexity index is 671. The molecule has 5 nitrogen and oxygen atoms in total. The molecule has 1 aromatic rings. The van der Waals surface area contributed by atoms with Gasteiger partial charge in [-0.3, -0.25) is 9.69 Å². The summed E-state index contributed by atoms with van der Waals surface area (Å²) in [7, 11) is 0. The summed E-state index contributed by atoms with van der Waals surface area (Å²) in [6, 6.07) is 8.07. The minimum Gasteiger partial charge on any atom is -0.481 e. The molecule has 1 N–H and O–H groups in total. The number of nitrogens with zero attached hydrogens (tertiary/aromatic N) is 2. The highest BCUT2D eigenvalue weighted by atomic mass is 16.4. The lowest BCUT2D eigenvalue weighted by Crippen LogP contribution is -2.52. The Hall–Kier alpha value is -2.04. The van der Waals surface area contributed by atoms with Crippen LogP contribution in [0.4, 0.5) is 10.5 Å². The maximum Gasteiger partial charge on any atom is 0.324 e. The molecule has 1 heterocycles. The molecule has 2 amide bonds. The third-order valence-electron chi connectivity index (χ3n) is 5.69. The van der Waals surface area contributed by atoms with Gasteiger partial charge in [0.05, 0.1) is 5.41 Å². The number of hydrogen-bond acceptors (Lipinski definition) is 2. The van der Waals surface area contributed by atoms with Crippen LogP contribution in [0.1, 0.15) is 58.4 Å². The van der Waals surface area contributed by atoms with Crippen LogP contribution in [0.25, 0.3) is 0 Å². The summed E-state index contributed by atoms with van der Waals surface area (Å²) in [6.45, 7) is 8.69. The fourth-order valence-electron chi connectivity index (χ4n) is 4.36. The number of fused-ring (bicyclic) bond motifs is 1. The molecule has 0 saturated heterocycles. The average molecular weight is 344 g/mol. The Labute approximate surface area is 149 Å². The van der Waals surface area contributed by atoms with E-state index in [0.29, 0.717) is 13.0 Å². The number of rotatable bonds is 4. The van der Waals surface area contributed by atoms with Crippen LogP contribution in [0.15, 0.2) is 24.3 Å². The number of aliphatic carboxylic acids is 1. The van der Waals surface area contributed by atoms with Gasteiger partial charge in [0.2, 0.25) is 0 Å². The van der Waals surface area contributed by atoms with Crippen LogP contribution >= 0.6 is 0 Å². The molecule has 2 aliphatic rings. The maximum absolute atomic E-state index is 13.2. The Kier molecular flexibility index (Phi) is 4.52. The van der Waals surface area contributed by atoms with E-state index in [-0.39, 0.29) is 24.0 Å². The Morgan fingerprint density at radius 2 is 1.76 bits per heavy atom. The van der Waals surface area contributed by atoms with E-state index in [9.17, 15) is 14.7 Å². The predicted molar refractivity (Wildman–Crippen MR) is 98.0 cm³/mol. The largest absolute Gasteiger partial charge is 0.481 e. The molecule has 0 bridgehead atoms. The molecule has 0 spiro atoms. The lowest BCUT2D eigenvalue weighted by molar-refractivity contribution is -0.144. The zero-order valence-electron chi connectivity index (χ0n) is 15.5. The van der Waals surface area contributed by atoms with E-state index in [1.807, 2.05) is 61.8 Å². The first-order chi connectivity index (χ1) is 11.8. The monoisotopic (exact) mass is 344 g/mol. The van der Waals surface area contributed by atoms with Crippen molar-refractivity contribution in [3.05, 3.63) is 29.8 Å². The van der Waals surface area contributed by atoms with Gasteiger partial charge >= 0.3 is 12.0 Å². The second-order valence-electron chi connectivity index (χ2n) is 7.89. The quantitative estimate of drug-likeness (QED) is 0.895. The van der Waals surface area contributed by atoms with Crippen LogP contribution in [0.5, 0.6) is 0 Å². The standard InChI is InChI=1S/C20H28N2O3/c1-13(2)22(14(3)4)19(25)21-12-9-16(20(10-11-20)18(23)24)15-7-5-6-8-17(15)21/h5-8,13-14,16H,9-12H2,1-4H3,(H,23,24). The molecular formula is C20H28N2O3. The van der Waals surface area contributed by atoms with E-state index in [4.69, 9.17) is 0 Å². The van der Waals surface area contributed by atoms with Crippen LogP contribution in [0.3, 0.4) is 0 Å². The smallest absolute Gasteiger partial charge is 0.324 e. The zero-order valence-corrected chi connectivity index (χ0v) is 15.5. The summed E-state index contributed by atoms with van der Waals surface area (Å²) in [4.78, 5) is 28.7. The highest BCUT2D eigenvalue weighted by molar-refractivity contribution is 5.94. The van der Waals surface area contributed by atoms with Crippen molar-refractivity contribution in [3.8, 4) is 0 Å². The molecule has 5 heteroatoms. The van der Waals surface area contributed by atoms with Crippen molar-refractivity contribution in [1.29, 1.82) is 0 Å². The molecule has 1 fully saturated rings. The number of para-hydroxylation sites is 1. The van der Waals surface area contributed by atoms with Crippen LogP contribution in [-0.4, -0.2) is 40.6 Å². The van der Waals surface area contributed by atoms with Gasteiger partial charge in [0.15, 0.2) is 0 Å². The van der Waals surface area contributed by atoms with Crippen molar-refractivity contribution < 1.29 is 14.7 Å². The Morgan fingerprint density at radius 1 is 1.16 bits per heavy atom. The first kappa shape index (κ1) is 17.8. The molecule has 136 valence electrons. The van der Waals surface area contributed by atoms with Gasteiger partial charge in [0.1, 0.15) is 0 Å². The van der Waals surface area contributed by atoms with Gasteiger partial charge in [-0.15, -0.1) is 0 Å². The SMILES string of the molecule is CC(C)N(C(=O)N1CCC(C2(C(=O)O)CC2)c2ccccc21)C(C)C. The van der Waals surface area contributed by atoms with Gasteiger partial charge in [-0.1, -0.05) is 18.2 Å². The maximum atomic E-state index is 13.2. The molecule has 1 unspecified atom stereocenters. The second kappa shape index (κ2) is 6.36. The minimum atomic E-state index is -0.696. The van der Waals surface area contributed by atoms with Crippen molar-refractivity contribution in [2.24, 2.45) is 5.41 Å². The van der Waals surface area contributed by atoms with Crippen molar-refractivity contribution >= 4 is 17.7 Å². The van der Waals surface area contributed by atoms with E-state index in [1.165, 1.54) is 0 Å². The van der Waals surface area contributed by atoms with Crippen LogP contribution in [0, 0.1) is 5.41 Å². The molecule has 25 heavy (non-hydrogen) atoms. The number of anilines is 1. The molecule has 0 radical (unpaired) electrons. The lowest BCUT2D eigenvalue weighted by Gasteiger charge is -2.41. The summed E-state index contributed by atoms with van der Waals surface area (Å²) < 4.78 is 0. The summed E-state index contributed by atoms with van der Waals surface area (Å²) >= 11 is 0. The van der Waals surface area contributed by atoms with E-state index in [0.717, 1.165) is 24.1 Å². The number of hydrogen-bond donors (Lipinski definition) is 1. The molecule has 1 aliphatic heterocycles. The molecular weight excluding hydrogens is 316 g/mol. The fourth-order valence-corrected chi connectivity index (χ4v) is 4.36. The predicted octanol–water partition coefficient (Wildman–Crippen LogP) is 4.08.